The predicted octanol–water partition coefficient (Wildman–Crippen LogP) is 0.773. The number of hydrogen-bond acceptors (Lipinski definition) is 5. The number of ether oxygens (including phenoxy) is 3. The van der Waals surface area contributed by atoms with Gasteiger partial charge in [-0.1, -0.05) is 0 Å². The second-order valence-electron chi connectivity index (χ2n) is 4.05. The third-order valence-electron chi connectivity index (χ3n) is 2.63. The fourth-order valence-electron chi connectivity index (χ4n) is 1.67. The lowest BCUT2D eigenvalue weighted by molar-refractivity contribution is 0.204. The zero-order chi connectivity index (χ0) is 13.7. The molecule has 0 spiro atoms. The van der Waals surface area contributed by atoms with Gasteiger partial charge in [0.1, 0.15) is 0 Å². The Morgan fingerprint density at radius 1 is 1.26 bits per heavy atom. The minimum Gasteiger partial charge on any atom is -0.490 e. The molecule has 0 unspecified atom stereocenters. The van der Waals surface area contributed by atoms with Crippen molar-refractivity contribution in [2.45, 2.75) is 11.3 Å². The van der Waals surface area contributed by atoms with Gasteiger partial charge in [0.25, 0.3) is 0 Å². The number of hydrogen-bond donors (Lipinski definition) is 1. The van der Waals surface area contributed by atoms with Gasteiger partial charge >= 0.3 is 0 Å². The Bertz CT molecular complexity index is 529. The Labute approximate surface area is 112 Å². The molecule has 0 radical (unpaired) electrons. The Kier molecular flexibility index (Phi) is 4.62. The third-order valence-corrected chi connectivity index (χ3v) is 4.09. The lowest BCUT2D eigenvalue weighted by atomic mass is 10.3. The number of nitrogens with one attached hydrogen (secondary N) is 1. The normalized spacial score (nSPS) is 15.0. The summed E-state index contributed by atoms with van der Waals surface area (Å²) in [7, 11) is -2.03. The van der Waals surface area contributed by atoms with Crippen LogP contribution in [0.25, 0.3) is 0 Å². The van der Waals surface area contributed by atoms with Crippen molar-refractivity contribution in [3.05, 3.63) is 18.2 Å². The van der Waals surface area contributed by atoms with Crippen LogP contribution in [-0.4, -0.2) is 41.9 Å². The van der Waals surface area contributed by atoms with Crippen molar-refractivity contribution in [2.24, 2.45) is 0 Å². The smallest absolute Gasteiger partial charge is 0.240 e. The maximum atomic E-state index is 12.0. The van der Waals surface area contributed by atoms with Crippen LogP contribution in [0.1, 0.15) is 6.42 Å². The Morgan fingerprint density at radius 2 is 2.00 bits per heavy atom. The molecule has 0 aromatic heterocycles. The Hall–Kier alpha value is -1.31. The number of fused-ring (bicyclic) bond motifs is 1. The number of methoxy groups -OCH3 is 1. The lowest BCUT2D eigenvalue weighted by Gasteiger charge is -2.10. The van der Waals surface area contributed by atoms with E-state index in [2.05, 4.69) is 4.72 Å². The lowest BCUT2D eigenvalue weighted by Crippen LogP contribution is -2.27. The predicted molar refractivity (Wildman–Crippen MR) is 69.1 cm³/mol. The van der Waals surface area contributed by atoms with Crippen molar-refractivity contribution in [2.75, 3.05) is 33.5 Å². The van der Waals surface area contributed by atoms with Gasteiger partial charge in [-0.05, 0) is 12.1 Å². The first-order chi connectivity index (χ1) is 9.13. The van der Waals surface area contributed by atoms with Crippen LogP contribution in [0.15, 0.2) is 23.1 Å². The maximum absolute atomic E-state index is 12.0. The average molecular weight is 287 g/mol. The molecular weight excluding hydrogens is 270 g/mol. The summed E-state index contributed by atoms with van der Waals surface area (Å²) in [6.45, 7) is 1.65. The van der Waals surface area contributed by atoms with Crippen molar-refractivity contribution in [1.82, 2.24) is 4.72 Å². The van der Waals surface area contributed by atoms with Gasteiger partial charge < -0.3 is 14.2 Å². The van der Waals surface area contributed by atoms with E-state index in [0.29, 0.717) is 31.3 Å². The molecule has 1 N–H and O–H groups in total. The van der Waals surface area contributed by atoms with Crippen molar-refractivity contribution < 1.29 is 22.6 Å². The second-order valence-corrected chi connectivity index (χ2v) is 5.82. The quantitative estimate of drug-likeness (QED) is 0.810. The molecule has 0 aliphatic carbocycles. The van der Waals surface area contributed by atoms with E-state index in [0.717, 1.165) is 6.42 Å². The van der Waals surface area contributed by atoms with Gasteiger partial charge in [0.15, 0.2) is 11.5 Å². The molecule has 7 heteroatoms. The Morgan fingerprint density at radius 3 is 2.74 bits per heavy atom. The number of sulfonamides is 1. The minimum atomic E-state index is -3.54. The molecule has 1 aliphatic heterocycles. The Balaban J connectivity index is 2.18. The van der Waals surface area contributed by atoms with Crippen LogP contribution >= 0.6 is 0 Å². The maximum Gasteiger partial charge on any atom is 0.240 e. The van der Waals surface area contributed by atoms with E-state index in [-0.39, 0.29) is 11.4 Å². The van der Waals surface area contributed by atoms with Gasteiger partial charge in [0, 0.05) is 26.1 Å². The highest BCUT2D eigenvalue weighted by atomic mass is 32.2. The molecule has 2 rings (SSSR count). The standard InChI is InChI=1S/C12H17NO5S/c1-16-8-5-13-19(14,15)10-3-4-11-12(9-10)18-7-2-6-17-11/h3-4,9,13H,2,5-8H2,1H3. The van der Waals surface area contributed by atoms with E-state index in [9.17, 15) is 8.42 Å². The van der Waals surface area contributed by atoms with Crippen LogP contribution in [0.4, 0.5) is 0 Å². The summed E-state index contributed by atoms with van der Waals surface area (Å²) in [6, 6.07) is 4.60. The number of rotatable bonds is 5. The van der Waals surface area contributed by atoms with Crippen LogP contribution in [0, 0.1) is 0 Å². The summed E-state index contributed by atoms with van der Waals surface area (Å²) < 4.78 is 42.2. The molecule has 0 saturated carbocycles. The molecule has 0 amide bonds. The summed E-state index contributed by atoms with van der Waals surface area (Å²) in [5.41, 5.74) is 0. The fourth-order valence-corrected chi connectivity index (χ4v) is 2.70. The molecule has 0 fully saturated rings. The van der Waals surface area contributed by atoms with E-state index in [1.54, 1.807) is 6.07 Å². The summed E-state index contributed by atoms with van der Waals surface area (Å²) in [4.78, 5) is 0.160. The topological polar surface area (TPSA) is 73.9 Å². The molecule has 1 heterocycles. The van der Waals surface area contributed by atoms with Gasteiger partial charge in [0.2, 0.25) is 10.0 Å². The van der Waals surface area contributed by atoms with Crippen LogP contribution < -0.4 is 14.2 Å². The molecular formula is C12H17NO5S. The average Bonchev–Trinajstić information content (AvgIpc) is 2.63. The highest BCUT2D eigenvalue weighted by Crippen LogP contribution is 2.31. The molecule has 0 bridgehead atoms. The second kappa shape index (κ2) is 6.23. The first-order valence-corrected chi connectivity index (χ1v) is 7.50. The number of benzene rings is 1. The largest absolute Gasteiger partial charge is 0.490 e. The zero-order valence-electron chi connectivity index (χ0n) is 10.7. The van der Waals surface area contributed by atoms with Crippen LogP contribution in [0.3, 0.4) is 0 Å². The molecule has 1 aromatic rings. The summed E-state index contributed by atoms with van der Waals surface area (Å²) in [5.74, 6) is 1.04. The van der Waals surface area contributed by atoms with Gasteiger partial charge in [-0.25, -0.2) is 13.1 Å². The minimum absolute atomic E-state index is 0.160. The molecule has 106 valence electrons. The van der Waals surface area contributed by atoms with Gasteiger partial charge in [-0.2, -0.15) is 0 Å². The van der Waals surface area contributed by atoms with Gasteiger partial charge in [-0.3, -0.25) is 0 Å². The molecule has 6 nitrogen and oxygen atoms in total. The fraction of sp³-hybridized carbons (Fsp3) is 0.500. The monoisotopic (exact) mass is 287 g/mol. The SMILES string of the molecule is COCCNS(=O)(=O)c1ccc2c(c1)OCCCO2. The highest BCUT2D eigenvalue weighted by Gasteiger charge is 2.18. The molecule has 0 saturated heterocycles. The zero-order valence-corrected chi connectivity index (χ0v) is 11.5. The van der Waals surface area contributed by atoms with E-state index in [4.69, 9.17) is 14.2 Å². The molecule has 1 aliphatic rings. The van der Waals surface area contributed by atoms with Gasteiger partial charge in [0.05, 0.1) is 24.7 Å². The van der Waals surface area contributed by atoms with Crippen LogP contribution in [-0.2, 0) is 14.8 Å². The van der Waals surface area contributed by atoms with Crippen molar-refractivity contribution in [1.29, 1.82) is 0 Å². The van der Waals surface area contributed by atoms with E-state index >= 15 is 0 Å². The van der Waals surface area contributed by atoms with E-state index in [1.165, 1.54) is 19.2 Å². The summed E-state index contributed by atoms with van der Waals surface area (Å²) in [5, 5.41) is 0. The third kappa shape index (κ3) is 3.59. The van der Waals surface area contributed by atoms with Gasteiger partial charge in [-0.15, -0.1) is 0 Å². The highest BCUT2D eigenvalue weighted by molar-refractivity contribution is 7.89. The molecule has 1 aromatic carbocycles. The first kappa shape index (κ1) is 14.1. The van der Waals surface area contributed by atoms with E-state index in [1.807, 2.05) is 0 Å². The molecule has 19 heavy (non-hydrogen) atoms. The van der Waals surface area contributed by atoms with E-state index < -0.39 is 10.0 Å². The first-order valence-electron chi connectivity index (χ1n) is 6.02. The summed E-state index contributed by atoms with van der Waals surface area (Å²) in [6.07, 6.45) is 0.781. The summed E-state index contributed by atoms with van der Waals surface area (Å²) >= 11 is 0. The molecule has 0 atom stereocenters. The van der Waals surface area contributed by atoms with Crippen LogP contribution in [0.2, 0.25) is 0 Å². The van der Waals surface area contributed by atoms with Crippen molar-refractivity contribution >= 4 is 10.0 Å². The van der Waals surface area contributed by atoms with Crippen molar-refractivity contribution in [3.63, 3.8) is 0 Å². The van der Waals surface area contributed by atoms with Crippen LogP contribution in [0.5, 0.6) is 11.5 Å². The van der Waals surface area contributed by atoms with Crippen molar-refractivity contribution in [3.8, 4) is 11.5 Å².